The van der Waals surface area contributed by atoms with E-state index in [1.54, 1.807) is 12.1 Å². The first-order chi connectivity index (χ1) is 7.77. The molecule has 0 unspecified atom stereocenters. The SMILES string of the molecule is O=C(NC[C@H]1CNC[C@@H]1O)c1ccccc1. The number of carbonyl (C=O) groups excluding carboxylic acids is 1. The Morgan fingerprint density at radius 2 is 2.12 bits per heavy atom. The first-order valence-electron chi connectivity index (χ1n) is 5.49. The van der Waals surface area contributed by atoms with Crippen molar-refractivity contribution in [2.24, 2.45) is 5.92 Å². The first-order valence-corrected chi connectivity index (χ1v) is 5.49. The maximum atomic E-state index is 11.7. The van der Waals surface area contributed by atoms with Crippen molar-refractivity contribution in [1.82, 2.24) is 10.6 Å². The molecule has 0 spiro atoms. The number of carbonyl (C=O) groups is 1. The quantitative estimate of drug-likeness (QED) is 0.672. The zero-order chi connectivity index (χ0) is 11.4. The van der Waals surface area contributed by atoms with E-state index in [1.807, 2.05) is 18.2 Å². The molecule has 2 rings (SSSR count). The van der Waals surface area contributed by atoms with Crippen molar-refractivity contribution in [3.8, 4) is 0 Å². The van der Waals surface area contributed by atoms with E-state index in [1.165, 1.54) is 0 Å². The van der Waals surface area contributed by atoms with Crippen molar-refractivity contribution in [3.63, 3.8) is 0 Å². The van der Waals surface area contributed by atoms with Gasteiger partial charge in [0.1, 0.15) is 0 Å². The van der Waals surface area contributed by atoms with Crippen LogP contribution in [0.3, 0.4) is 0 Å². The lowest BCUT2D eigenvalue weighted by Crippen LogP contribution is -2.34. The fourth-order valence-corrected chi connectivity index (χ4v) is 1.84. The molecule has 1 fully saturated rings. The van der Waals surface area contributed by atoms with E-state index in [4.69, 9.17) is 0 Å². The van der Waals surface area contributed by atoms with Gasteiger partial charge in [-0.05, 0) is 12.1 Å². The molecule has 86 valence electrons. The number of aliphatic hydroxyl groups is 1. The number of rotatable bonds is 3. The smallest absolute Gasteiger partial charge is 0.251 e. The predicted octanol–water partition coefficient (Wildman–Crippen LogP) is -0.00330. The summed E-state index contributed by atoms with van der Waals surface area (Å²) in [6.07, 6.45) is -0.351. The lowest BCUT2D eigenvalue weighted by Gasteiger charge is -2.13. The summed E-state index contributed by atoms with van der Waals surface area (Å²) in [5, 5.41) is 15.5. The Morgan fingerprint density at radius 1 is 1.38 bits per heavy atom. The molecule has 4 heteroatoms. The van der Waals surface area contributed by atoms with E-state index in [9.17, 15) is 9.90 Å². The van der Waals surface area contributed by atoms with E-state index >= 15 is 0 Å². The van der Waals surface area contributed by atoms with Crippen LogP contribution in [0.4, 0.5) is 0 Å². The number of nitrogens with one attached hydrogen (secondary N) is 2. The Kier molecular flexibility index (Phi) is 3.54. The number of hydrogen-bond acceptors (Lipinski definition) is 3. The lowest BCUT2D eigenvalue weighted by atomic mass is 10.1. The van der Waals surface area contributed by atoms with E-state index in [2.05, 4.69) is 10.6 Å². The minimum absolute atomic E-state index is 0.0836. The number of amides is 1. The molecule has 1 aliphatic rings. The second-order valence-electron chi connectivity index (χ2n) is 4.06. The van der Waals surface area contributed by atoms with Gasteiger partial charge in [0.15, 0.2) is 0 Å². The zero-order valence-corrected chi connectivity index (χ0v) is 9.02. The third-order valence-electron chi connectivity index (χ3n) is 2.86. The van der Waals surface area contributed by atoms with Gasteiger partial charge in [-0.15, -0.1) is 0 Å². The Labute approximate surface area is 94.7 Å². The van der Waals surface area contributed by atoms with Gasteiger partial charge >= 0.3 is 0 Å². The molecule has 1 aromatic carbocycles. The molecule has 0 saturated carbocycles. The highest BCUT2D eigenvalue weighted by atomic mass is 16.3. The zero-order valence-electron chi connectivity index (χ0n) is 9.02. The molecule has 2 atom stereocenters. The molecule has 16 heavy (non-hydrogen) atoms. The topological polar surface area (TPSA) is 61.4 Å². The predicted molar refractivity (Wildman–Crippen MR) is 61.1 cm³/mol. The number of β-amino-alcohol motifs (C(OH)–C–C–N with tert-alkyl or cyclic N) is 1. The van der Waals surface area contributed by atoms with Gasteiger partial charge in [-0.2, -0.15) is 0 Å². The van der Waals surface area contributed by atoms with Crippen LogP contribution in [0.2, 0.25) is 0 Å². The average molecular weight is 220 g/mol. The molecule has 1 saturated heterocycles. The molecule has 3 N–H and O–H groups in total. The van der Waals surface area contributed by atoms with E-state index in [-0.39, 0.29) is 17.9 Å². The molecule has 1 amide bonds. The van der Waals surface area contributed by atoms with Crippen LogP contribution in [0, 0.1) is 5.92 Å². The highest BCUT2D eigenvalue weighted by Crippen LogP contribution is 2.07. The van der Waals surface area contributed by atoms with Crippen LogP contribution < -0.4 is 10.6 Å². The molecule has 1 aromatic rings. The molecular formula is C12H16N2O2. The van der Waals surface area contributed by atoms with Gasteiger partial charge in [-0.25, -0.2) is 0 Å². The third kappa shape index (κ3) is 2.59. The third-order valence-corrected chi connectivity index (χ3v) is 2.86. The minimum atomic E-state index is -0.351. The summed E-state index contributed by atoms with van der Waals surface area (Å²) in [5.74, 6) is 0.0346. The van der Waals surface area contributed by atoms with Crippen molar-refractivity contribution in [2.75, 3.05) is 19.6 Å². The fourth-order valence-electron chi connectivity index (χ4n) is 1.84. The lowest BCUT2D eigenvalue weighted by molar-refractivity contribution is 0.0927. The van der Waals surface area contributed by atoms with Crippen molar-refractivity contribution >= 4 is 5.91 Å². The van der Waals surface area contributed by atoms with Crippen molar-refractivity contribution in [3.05, 3.63) is 35.9 Å². The molecule has 0 aliphatic carbocycles. The largest absolute Gasteiger partial charge is 0.391 e. The van der Waals surface area contributed by atoms with Crippen molar-refractivity contribution < 1.29 is 9.90 Å². The molecular weight excluding hydrogens is 204 g/mol. The Morgan fingerprint density at radius 3 is 2.75 bits per heavy atom. The van der Waals surface area contributed by atoms with Crippen LogP contribution >= 0.6 is 0 Å². The highest BCUT2D eigenvalue weighted by molar-refractivity contribution is 5.94. The van der Waals surface area contributed by atoms with Crippen molar-refractivity contribution in [1.29, 1.82) is 0 Å². The van der Waals surface area contributed by atoms with Crippen LogP contribution in [0.1, 0.15) is 10.4 Å². The second-order valence-corrected chi connectivity index (χ2v) is 4.06. The molecule has 1 aliphatic heterocycles. The van der Waals surface area contributed by atoms with Crippen LogP contribution in [0.15, 0.2) is 30.3 Å². The Hall–Kier alpha value is -1.39. The van der Waals surface area contributed by atoms with Crippen LogP contribution in [0.5, 0.6) is 0 Å². The number of aliphatic hydroxyl groups excluding tert-OH is 1. The summed E-state index contributed by atoms with van der Waals surface area (Å²) in [5.41, 5.74) is 0.656. The van der Waals surface area contributed by atoms with Crippen LogP contribution in [-0.2, 0) is 0 Å². The Bertz CT molecular complexity index is 353. The molecule has 4 nitrogen and oxygen atoms in total. The van der Waals surface area contributed by atoms with Gasteiger partial charge < -0.3 is 15.7 Å². The molecule has 0 bridgehead atoms. The summed E-state index contributed by atoms with van der Waals surface area (Å²) in [4.78, 5) is 11.7. The Balaban J connectivity index is 1.84. The van der Waals surface area contributed by atoms with Gasteiger partial charge in [0.05, 0.1) is 6.10 Å². The first kappa shape index (κ1) is 11.1. The summed E-state index contributed by atoms with van der Waals surface area (Å²) in [6, 6.07) is 9.10. The van der Waals surface area contributed by atoms with Gasteiger partial charge in [-0.3, -0.25) is 4.79 Å². The van der Waals surface area contributed by atoms with Gasteiger partial charge in [0, 0.05) is 31.1 Å². The maximum absolute atomic E-state index is 11.7. The summed E-state index contributed by atoms with van der Waals surface area (Å²) >= 11 is 0. The minimum Gasteiger partial charge on any atom is -0.391 e. The molecule has 0 radical (unpaired) electrons. The monoisotopic (exact) mass is 220 g/mol. The van der Waals surface area contributed by atoms with E-state index < -0.39 is 0 Å². The number of benzene rings is 1. The fraction of sp³-hybridized carbons (Fsp3) is 0.417. The summed E-state index contributed by atoms with van der Waals surface area (Å²) < 4.78 is 0. The maximum Gasteiger partial charge on any atom is 0.251 e. The van der Waals surface area contributed by atoms with Gasteiger partial charge in [0.25, 0.3) is 5.91 Å². The highest BCUT2D eigenvalue weighted by Gasteiger charge is 2.24. The van der Waals surface area contributed by atoms with E-state index in [0.29, 0.717) is 18.7 Å². The van der Waals surface area contributed by atoms with Crippen molar-refractivity contribution in [2.45, 2.75) is 6.10 Å². The number of hydrogen-bond donors (Lipinski definition) is 3. The second kappa shape index (κ2) is 5.09. The molecule has 0 aromatic heterocycles. The summed E-state index contributed by atoms with van der Waals surface area (Å²) in [6.45, 7) is 1.89. The molecule has 1 heterocycles. The van der Waals surface area contributed by atoms with Crippen LogP contribution in [-0.4, -0.2) is 36.8 Å². The normalized spacial score (nSPS) is 24.3. The summed E-state index contributed by atoms with van der Waals surface area (Å²) in [7, 11) is 0. The van der Waals surface area contributed by atoms with Gasteiger partial charge in [0.2, 0.25) is 0 Å². The van der Waals surface area contributed by atoms with Gasteiger partial charge in [-0.1, -0.05) is 18.2 Å². The standard InChI is InChI=1S/C12H16N2O2/c15-11-8-13-6-10(11)7-14-12(16)9-4-2-1-3-5-9/h1-5,10-11,13,15H,6-8H2,(H,14,16)/t10-,11+/m1/s1. The van der Waals surface area contributed by atoms with E-state index in [0.717, 1.165) is 6.54 Å². The average Bonchev–Trinajstić information content (AvgIpc) is 2.73. The van der Waals surface area contributed by atoms with Crippen LogP contribution in [0.25, 0.3) is 0 Å².